The van der Waals surface area contributed by atoms with Gasteiger partial charge in [-0.05, 0) is 70.0 Å². The highest BCUT2D eigenvalue weighted by Gasteiger charge is 2.48. The van der Waals surface area contributed by atoms with Crippen LogP contribution in [-0.2, 0) is 6.42 Å². The van der Waals surface area contributed by atoms with Gasteiger partial charge in [-0.15, -0.1) is 0 Å². The van der Waals surface area contributed by atoms with Gasteiger partial charge in [0.15, 0.2) is 0 Å². The number of rotatable bonds is 3. The van der Waals surface area contributed by atoms with Gasteiger partial charge >= 0.3 is 0 Å². The van der Waals surface area contributed by atoms with Crippen molar-refractivity contribution >= 4 is 5.91 Å². The molecule has 0 aliphatic carbocycles. The average Bonchev–Trinajstić information content (AvgIpc) is 2.69. The van der Waals surface area contributed by atoms with Crippen LogP contribution in [0.4, 0.5) is 4.39 Å². The smallest absolute Gasteiger partial charge is 0.255 e. The van der Waals surface area contributed by atoms with Gasteiger partial charge in [0.2, 0.25) is 0 Å². The van der Waals surface area contributed by atoms with E-state index in [9.17, 15) is 9.18 Å². The maximum atomic E-state index is 13.9. The Kier molecular flexibility index (Phi) is 5.19. The molecule has 0 N–H and O–H groups in total. The van der Waals surface area contributed by atoms with Crippen molar-refractivity contribution in [1.82, 2.24) is 14.8 Å². The Morgan fingerprint density at radius 2 is 2.04 bits per heavy atom. The first kappa shape index (κ1) is 19.1. The molecular formula is C23H28FN3O. The summed E-state index contributed by atoms with van der Waals surface area (Å²) in [6.07, 6.45) is 6.43. The van der Waals surface area contributed by atoms with Crippen molar-refractivity contribution in [2.24, 2.45) is 0 Å². The Hall–Kier alpha value is -2.27. The predicted octanol–water partition coefficient (Wildman–Crippen LogP) is 3.90. The second-order valence-electron chi connectivity index (χ2n) is 8.36. The van der Waals surface area contributed by atoms with Crippen molar-refractivity contribution < 1.29 is 9.18 Å². The van der Waals surface area contributed by atoms with Crippen LogP contribution >= 0.6 is 0 Å². The molecule has 0 radical (unpaired) electrons. The zero-order chi connectivity index (χ0) is 19.7. The van der Waals surface area contributed by atoms with E-state index in [0.29, 0.717) is 23.6 Å². The number of likely N-dealkylation sites (N-methyl/N-ethyl adjacent to an activating group) is 1. The van der Waals surface area contributed by atoms with Gasteiger partial charge in [0.25, 0.3) is 5.91 Å². The number of hydrogen-bond acceptors (Lipinski definition) is 3. The van der Waals surface area contributed by atoms with E-state index in [4.69, 9.17) is 0 Å². The standard InChI is InChI=1S/C23H28FN3O/c1-23-12-6-13-26(2)21(23)9-5-14-27(23)22(28)18-10-11-19(25-16-18)15-17-7-3-4-8-20(17)24/h3-4,7-8,10-11,16,21H,5-6,9,12-15H2,1-2H3/t21-,23-/m0/s1. The van der Waals surface area contributed by atoms with Crippen LogP contribution in [0.5, 0.6) is 0 Å². The molecule has 4 nitrogen and oxygen atoms in total. The van der Waals surface area contributed by atoms with E-state index in [1.807, 2.05) is 18.2 Å². The summed E-state index contributed by atoms with van der Waals surface area (Å²) in [6.45, 7) is 4.15. The van der Waals surface area contributed by atoms with E-state index in [1.165, 1.54) is 6.07 Å². The highest BCUT2D eigenvalue weighted by molar-refractivity contribution is 5.94. The summed E-state index contributed by atoms with van der Waals surface area (Å²) in [4.78, 5) is 22.2. The number of hydrogen-bond donors (Lipinski definition) is 0. The van der Waals surface area contributed by atoms with Crippen molar-refractivity contribution in [2.45, 2.75) is 50.6 Å². The summed E-state index contributed by atoms with van der Waals surface area (Å²) < 4.78 is 13.9. The number of piperidine rings is 2. The fourth-order valence-corrected chi connectivity index (χ4v) is 5.01. The summed E-state index contributed by atoms with van der Waals surface area (Å²) in [5.41, 5.74) is 1.88. The second-order valence-corrected chi connectivity index (χ2v) is 8.36. The second kappa shape index (κ2) is 7.63. The lowest BCUT2D eigenvalue weighted by Crippen LogP contribution is -2.66. The molecule has 0 bridgehead atoms. The number of nitrogens with zero attached hydrogens (tertiary/aromatic N) is 3. The Labute approximate surface area is 166 Å². The van der Waals surface area contributed by atoms with E-state index >= 15 is 0 Å². The van der Waals surface area contributed by atoms with Gasteiger partial charge in [-0.2, -0.15) is 0 Å². The SMILES string of the molecule is CN1CCC[C@@]2(C)[C@@H]1CCCN2C(=O)c1ccc(Cc2ccccc2F)nc1. The molecule has 0 unspecified atom stereocenters. The number of carbonyl (C=O) groups excluding carboxylic acids is 1. The van der Waals surface area contributed by atoms with Gasteiger partial charge < -0.3 is 9.80 Å². The Morgan fingerprint density at radius 1 is 1.21 bits per heavy atom. The first-order chi connectivity index (χ1) is 13.5. The molecule has 28 heavy (non-hydrogen) atoms. The van der Waals surface area contributed by atoms with Crippen LogP contribution in [0.3, 0.4) is 0 Å². The van der Waals surface area contributed by atoms with Crippen molar-refractivity contribution in [2.75, 3.05) is 20.1 Å². The highest BCUT2D eigenvalue weighted by atomic mass is 19.1. The number of aromatic nitrogens is 1. The van der Waals surface area contributed by atoms with Crippen molar-refractivity contribution in [3.05, 3.63) is 65.2 Å². The minimum absolute atomic E-state index is 0.0624. The van der Waals surface area contributed by atoms with Crippen LogP contribution in [0.15, 0.2) is 42.6 Å². The largest absolute Gasteiger partial charge is 0.332 e. The zero-order valence-electron chi connectivity index (χ0n) is 16.7. The third-order valence-corrected chi connectivity index (χ3v) is 6.57. The van der Waals surface area contributed by atoms with Gasteiger partial charge in [-0.3, -0.25) is 9.78 Å². The predicted molar refractivity (Wildman–Crippen MR) is 108 cm³/mol. The summed E-state index contributed by atoms with van der Waals surface area (Å²) >= 11 is 0. The summed E-state index contributed by atoms with van der Waals surface area (Å²) in [5.74, 6) is -0.161. The number of carbonyl (C=O) groups is 1. The topological polar surface area (TPSA) is 36.4 Å². The normalized spacial score (nSPS) is 25.4. The van der Waals surface area contributed by atoms with Crippen LogP contribution in [0, 0.1) is 5.82 Å². The molecule has 3 heterocycles. The maximum absolute atomic E-state index is 13.9. The Bertz CT molecular complexity index is 853. The zero-order valence-corrected chi connectivity index (χ0v) is 16.7. The van der Waals surface area contributed by atoms with E-state index < -0.39 is 0 Å². The van der Waals surface area contributed by atoms with Gasteiger partial charge in [0.05, 0.1) is 11.1 Å². The monoisotopic (exact) mass is 381 g/mol. The molecule has 0 saturated carbocycles. The molecule has 5 heteroatoms. The Morgan fingerprint density at radius 3 is 2.79 bits per heavy atom. The quantitative estimate of drug-likeness (QED) is 0.809. The summed E-state index contributed by atoms with van der Waals surface area (Å²) in [7, 11) is 2.18. The number of fused-ring (bicyclic) bond motifs is 1. The van der Waals surface area contributed by atoms with E-state index in [-0.39, 0.29) is 17.3 Å². The molecule has 2 aromatic rings. The van der Waals surface area contributed by atoms with Gasteiger partial charge in [0, 0.05) is 30.9 Å². The molecule has 1 aromatic carbocycles. The first-order valence-corrected chi connectivity index (χ1v) is 10.2. The van der Waals surface area contributed by atoms with Crippen LogP contribution in [-0.4, -0.2) is 52.4 Å². The lowest BCUT2D eigenvalue weighted by molar-refractivity contribution is -0.0346. The van der Waals surface area contributed by atoms with E-state index in [0.717, 1.165) is 44.5 Å². The number of halogens is 1. The number of likely N-dealkylation sites (tertiary alicyclic amines) is 2. The minimum atomic E-state index is -0.224. The number of amides is 1. The molecule has 2 fully saturated rings. The Balaban J connectivity index is 1.52. The van der Waals surface area contributed by atoms with Gasteiger partial charge in [-0.1, -0.05) is 18.2 Å². The average molecular weight is 381 g/mol. The van der Waals surface area contributed by atoms with E-state index in [1.54, 1.807) is 18.3 Å². The molecule has 2 aliphatic heterocycles. The van der Waals surface area contributed by atoms with Crippen LogP contribution in [0.2, 0.25) is 0 Å². The van der Waals surface area contributed by atoms with Crippen LogP contribution < -0.4 is 0 Å². The van der Waals surface area contributed by atoms with Crippen molar-refractivity contribution in [3.8, 4) is 0 Å². The third-order valence-electron chi connectivity index (χ3n) is 6.57. The lowest BCUT2D eigenvalue weighted by atomic mass is 9.76. The number of benzene rings is 1. The van der Waals surface area contributed by atoms with Crippen molar-refractivity contribution in [3.63, 3.8) is 0 Å². The molecule has 2 saturated heterocycles. The highest BCUT2D eigenvalue weighted by Crippen LogP contribution is 2.39. The fraction of sp³-hybridized carbons (Fsp3) is 0.478. The molecule has 0 spiro atoms. The van der Waals surface area contributed by atoms with Crippen molar-refractivity contribution in [1.29, 1.82) is 0 Å². The summed E-state index contributed by atoms with van der Waals surface area (Å²) in [5, 5.41) is 0. The molecule has 2 aliphatic rings. The molecule has 2 atom stereocenters. The van der Waals surface area contributed by atoms with Crippen LogP contribution in [0.1, 0.15) is 54.2 Å². The minimum Gasteiger partial charge on any atom is -0.332 e. The summed E-state index contributed by atoms with van der Waals surface area (Å²) in [6, 6.07) is 10.8. The molecule has 148 valence electrons. The molecule has 1 amide bonds. The van der Waals surface area contributed by atoms with Gasteiger partial charge in [0.1, 0.15) is 5.82 Å². The van der Waals surface area contributed by atoms with Gasteiger partial charge in [-0.25, -0.2) is 4.39 Å². The molecule has 4 rings (SSSR count). The maximum Gasteiger partial charge on any atom is 0.255 e. The molecule has 1 aromatic heterocycles. The van der Waals surface area contributed by atoms with E-state index in [2.05, 4.69) is 28.8 Å². The van der Waals surface area contributed by atoms with Crippen LogP contribution in [0.25, 0.3) is 0 Å². The fourth-order valence-electron chi connectivity index (χ4n) is 5.01. The lowest BCUT2D eigenvalue weighted by Gasteiger charge is -2.55. The molecular weight excluding hydrogens is 353 g/mol. The third kappa shape index (κ3) is 3.44. The first-order valence-electron chi connectivity index (χ1n) is 10.2. The number of pyridine rings is 1.